The molecule has 1 atom stereocenters. The molecule has 0 bridgehead atoms. The van der Waals surface area contributed by atoms with E-state index in [2.05, 4.69) is 5.32 Å². The summed E-state index contributed by atoms with van der Waals surface area (Å²) in [5, 5.41) is 3.09. The third-order valence-corrected chi connectivity index (χ3v) is 6.73. The molecule has 0 aliphatic carbocycles. The molecule has 8 nitrogen and oxygen atoms in total. The highest BCUT2D eigenvalue weighted by Gasteiger charge is 2.34. The number of methoxy groups -OCH3 is 2. The lowest BCUT2D eigenvalue weighted by Crippen LogP contribution is -2.41. The average molecular weight is 477 g/mol. The van der Waals surface area contributed by atoms with Crippen molar-refractivity contribution in [3.05, 3.63) is 48.0 Å². The number of nitrogens with one attached hydrogen (secondary N) is 1. The Bertz CT molecular complexity index is 1080. The van der Waals surface area contributed by atoms with E-state index in [0.717, 1.165) is 11.8 Å². The second-order valence-electron chi connectivity index (χ2n) is 8.73. The van der Waals surface area contributed by atoms with E-state index >= 15 is 0 Å². The highest BCUT2D eigenvalue weighted by molar-refractivity contribution is 7.92. The Kier molecular flexibility index (Phi) is 7.41. The summed E-state index contributed by atoms with van der Waals surface area (Å²) in [4.78, 5) is 12.7. The SMILES string of the molecule is COc1ccc(N(CCCC(=O)N[C@@H]2CC(C)(C)Oc3cc(OC)ccc32)S(C)(=O)=O)cc1. The number of sulfonamides is 1. The van der Waals surface area contributed by atoms with Crippen LogP contribution in [0.4, 0.5) is 5.69 Å². The van der Waals surface area contributed by atoms with Crippen molar-refractivity contribution in [1.82, 2.24) is 5.32 Å². The van der Waals surface area contributed by atoms with Crippen LogP contribution in [0, 0.1) is 0 Å². The first-order valence-electron chi connectivity index (χ1n) is 10.8. The van der Waals surface area contributed by atoms with Crippen LogP contribution >= 0.6 is 0 Å². The van der Waals surface area contributed by atoms with Gasteiger partial charge in [0.2, 0.25) is 15.9 Å². The zero-order chi connectivity index (χ0) is 24.2. The number of fused-ring (bicyclic) bond motifs is 1. The smallest absolute Gasteiger partial charge is 0.232 e. The molecule has 1 aliphatic rings. The van der Waals surface area contributed by atoms with Gasteiger partial charge in [-0.25, -0.2) is 8.42 Å². The Morgan fingerprint density at radius 2 is 1.76 bits per heavy atom. The topological polar surface area (TPSA) is 94.2 Å². The van der Waals surface area contributed by atoms with E-state index in [1.54, 1.807) is 38.5 Å². The number of amides is 1. The van der Waals surface area contributed by atoms with Crippen LogP contribution in [0.3, 0.4) is 0 Å². The highest BCUT2D eigenvalue weighted by atomic mass is 32.2. The van der Waals surface area contributed by atoms with Gasteiger partial charge < -0.3 is 19.5 Å². The molecule has 1 aliphatic heterocycles. The molecule has 3 rings (SSSR count). The van der Waals surface area contributed by atoms with Crippen LogP contribution in [0.5, 0.6) is 17.2 Å². The monoisotopic (exact) mass is 476 g/mol. The van der Waals surface area contributed by atoms with Crippen LogP contribution in [0.15, 0.2) is 42.5 Å². The summed E-state index contributed by atoms with van der Waals surface area (Å²) in [6.45, 7) is 4.16. The minimum Gasteiger partial charge on any atom is -0.497 e. The number of carbonyl (C=O) groups is 1. The lowest BCUT2D eigenvalue weighted by atomic mass is 9.89. The standard InChI is InChI=1S/C24H32N2O6S/c1-24(2)16-21(20-13-12-19(31-4)15-22(20)32-24)25-23(27)7-6-14-26(33(5,28)29)17-8-10-18(30-3)11-9-17/h8-13,15,21H,6-7,14,16H2,1-5H3,(H,25,27)/t21-/m1/s1. The molecule has 0 spiro atoms. The van der Waals surface area contributed by atoms with Crippen LogP contribution < -0.4 is 23.8 Å². The van der Waals surface area contributed by atoms with E-state index in [0.29, 0.717) is 35.8 Å². The van der Waals surface area contributed by atoms with E-state index < -0.39 is 15.6 Å². The second kappa shape index (κ2) is 9.91. The molecule has 0 aromatic heterocycles. The summed E-state index contributed by atoms with van der Waals surface area (Å²) >= 11 is 0. The van der Waals surface area contributed by atoms with Crippen molar-refractivity contribution in [2.45, 2.75) is 44.8 Å². The number of carbonyl (C=O) groups excluding carboxylic acids is 1. The predicted octanol–water partition coefficient (Wildman–Crippen LogP) is 3.67. The van der Waals surface area contributed by atoms with Gasteiger partial charge in [-0.3, -0.25) is 9.10 Å². The summed E-state index contributed by atoms with van der Waals surface area (Å²) in [6, 6.07) is 12.2. The third kappa shape index (κ3) is 6.31. The maximum absolute atomic E-state index is 12.7. The van der Waals surface area contributed by atoms with Crippen molar-refractivity contribution in [3.63, 3.8) is 0 Å². The molecule has 9 heteroatoms. The molecular formula is C24H32N2O6S. The zero-order valence-corrected chi connectivity index (χ0v) is 20.6. The quantitative estimate of drug-likeness (QED) is 0.594. The summed E-state index contributed by atoms with van der Waals surface area (Å²) in [5.41, 5.74) is 0.992. The van der Waals surface area contributed by atoms with Gasteiger partial charge >= 0.3 is 0 Å². The maximum Gasteiger partial charge on any atom is 0.232 e. The van der Waals surface area contributed by atoms with Crippen LogP contribution in [0.1, 0.15) is 44.7 Å². The minimum absolute atomic E-state index is 0.136. The van der Waals surface area contributed by atoms with E-state index in [-0.39, 0.29) is 24.9 Å². The van der Waals surface area contributed by atoms with Crippen LogP contribution in [-0.4, -0.2) is 46.9 Å². The van der Waals surface area contributed by atoms with Gasteiger partial charge in [-0.05, 0) is 56.7 Å². The molecule has 180 valence electrons. The third-order valence-electron chi connectivity index (χ3n) is 5.54. The molecule has 1 amide bonds. The Balaban J connectivity index is 1.64. The molecule has 2 aromatic carbocycles. The van der Waals surface area contributed by atoms with Crippen molar-refractivity contribution < 1.29 is 27.4 Å². The second-order valence-corrected chi connectivity index (χ2v) is 10.6. The molecule has 0 radical (unpaired) electrons. The summed E-state index contributed by atoms with van der Waals surface area (Å²) in [7, 11) is -0.342. The maximum atomic E-state index is 12.7. The largest absolute Gasteiger partial charge is 0.497 e. The van der Waals surface area contributed by atoms with Gasteiger partial charge in [-0.1, -0.05) is 0 Å². The van der Waals surface area contributed by atoms with Crippen LogP contribution in [-0.2, 0) is 14.8 Å². The van der Waals surface area contributed by atoms with Gasteiger partial charge in [0.15, 0.2) is 0 Å². The normalized spacial score (nSPS) is 16.8. The Hall–Kier alpha value is -2.94. The zero-order valence-electron chi connectivity index (χ0n) is 19.8. The minimum atomic E-state index is -3.49. The fraction of sp³-hybridized carbons (Fsp3) is 0.458. The van der Waals surface area contributed by atoms with Gasteiger partial charge in [0.05, 0.1) is 32.2 Å². The number of hydrogen-bond donors (Lipinski definition) is 1. The molecule has 0 unspecified atom stereocenters. The fourth-order valence-corrected chi connectivity index (χ4v) is 4.94. The summed E-state index contributed by atoms with van der Waals surface area (Å²) < 4.78 is 42.4. The van der Waals surface area contributed by atoms with Crippen LogP contribution in [0.25, 0.3) is 0 Å². The summed E-state index contributed by atoms with van der Waals surface area (Å²) in [6.07, 6.45) is 2.37. The Morgan fingerprint density at radius 3 is 2.36 bits per heavy atom. The van der Waals surface area contributed by atoms with Gasteiger partial charge in [0, 0.05) is 31.0 Å². The van der Waals surface area contributed by atoms with E-state index in [9.17, 15) is 13.2 Å². The average Bonchev–Trinajstić information content (AvgIpc) is 2.74. The van der Waals surface area contributed by atoms with Gasteiger partial charge in [-0.2, -0.15) is 0 Å². The number of benzene rings is 2. The van der Waals surface area contributed by atoms with Gasteiger partial charge in [0.1, 0.15) is 22.8 Å². The van der Waals surface area contributed by atoms with Gasteiger partial charge in [0.25, 0.3) is 0 Å². The molecular weight excluding hydrogens is 444 g/mol. The van der Waals surface area contributed by atoms with Crippen molar-refractivity contribution in [2.24, 2.45) is 0 Å². The lowest BCUT2D eigenvalue weighted by molar-refractivity contribution is -0.122. The molecule has 33 heavy (non-hydrogen) atoms. The number of anilines is 1. The Morgan fingerprint density at radius 1 is 1.12 bits per heavy atom. The Labute approximate surface area is 195 Å². The fourth-order valence-electron chi connectivity index (χ4n) is 3.97. The first kappa shape index (κ1) is 24.7. The van der Waals surface area contributed by atoms with Crippen LogP contribution in [0.2, 0.25) is 0 Å². The lowest BCUT2D eigenvalue weighted by Gasteiger charge is -2.38. The molecule has 0 fully saturated rings. The highest BCUT2D eigenvalue weighted by Crippen LogP contribution is 2.41. The summed E-state index contributed by atoms with van der Waals surface area (Å²) in [5.74, 6) is 1.89. The van der Waals surface area contributed by atoms with Crippen molar-refractivity contribution in [1.29, 1.82) is 0 Å². The number of rotatable bonds is 9. The molecule has 1 N–H and O–H groups in total. The predicted molar refractivity (Wildman–Crippen MR) is 128 cm³/mol. The van der Waals surface area contributed by atoms with E-state index in [1.807, 2.05) is 32.0 Å². The number of hydrogen-bond acceptors (Lipinski definition) is 6. The molecule has 0 saturated carbocycles. The first-order valence-corrected chi connectivity index (χ1v) is 12.7. The van der Waals surface area contributed by atoms with E-state index in [1.165, 1.54) is 4.31 Å². The number of nitrogens with zero attached hydrogens (tertiary/aromatic N) is 1. The van der Waals surface area contributed by atoms with Crippen molar-refractivity contribution in [2.75, 3.05) is 31.3 Å². The molecule has 2 aromatic rings. The van der Waals surface area contributed by atoms with E-state index in [4.69, 9.17) is 14.2 Å². The van der Waals surface area contributed by atoms with Crippen molar-refractivity contribution >= 4 is 21.6 Å². The van der Waals surface area contributed by atoms with Crippen molar-refractivity contribution in [3.8, 4) is 17.2 Å². The molecule has 1 heterocycles. The van der Waals surface area contributed by atoms with Gasteiger partial charge in [-0.15, -0.1) is 0 Å². The number of ether oxygens (including phenoxy) is 3. The first-order chi connectivity index (χ1) is 15.5. The molecule has 0 saturated heterocycles.